The second-order valence-corrected chi connectivity index (χ2v) is 6.66. The highest BCUT2D eigenvalue weighted by atomic mass is 35.5. The highest BCUT2D eigenvalue weighted by Crippen LogP contribution is 2.23. The topological polar surface area (TPSA) is 104 Å². The molecule has 1 amide bonds. The van der Waals surface area contributed by atoms with Gasteiger partial charge in [-0.1, -0.05) is 35.5 Å². The van der Waals surface area contributed by atoms with Crippen LogP contribution in [0, 0.1) is 6.92 Å². The summed E-state index contributed by atoms with van der Waals surface area (Å²) in [6.07, 6.45) is 0. The van der Waals surface area contributed by atoms with Crippen LogP contribution in [0.5, 0.6) is 0 Å². The molecule has 0 radical (unpaired) electrons. The van der Waals surface area contributed by atoms with Crippen LogP contribution in [-0.4, -0.2) is 36.3 Å². The number of rotatable bonds is 5. The molecule has 25 heavy (non-hydrogen) atoms. The maximum atomic E-state index is 12.2. The lowest BCUT2D eigenvalue weighted by Crippen LogP contribution is -2.18. The number of aromatic nitrogens is 5. The molecule has 0 unspecified atom stereocenters. The first-order valence-electron chi connectivity index (χ1n) is 7.34. The number of nitrogens with two attached hydrogens (primary N) is 1. The molecule has 3 N–H and O–H groups in total. The first-order valence-corrected chi connectivity index (χ1v) is 8.70. The van der Waals surface area contributed by atoms with E-state index in [9.17, 15) is 4.79 Å². The molecule has 0 fully saturated rings. The van der Waals surface area contributed by atoms with E-state index >= 15 is 0 Å². The molecule has 0 saturated heterocycles. The number of anilines is 1. The molecule has 3 rings (SSSR count). The van der Waals surface area contributed by atoms with Gasteiger partial charge in [0, 0.05) is 23.7 Å². The van der Waals surface area contributed by atoms with Gasteiger partial charge in [-0.05, 0) is 19.1 Å². The highest BCUT2D eigenvalue weighted by Gasteiger charge is 2.13. The van der Waals surface area contributed by atoms with Gasteiger partial charge in [-0.25, -0.2) is 4.68 Å². The summed E-state index contributed by atoms with van der Waals surface area (Å²) in [7, 11) is 1.77. The molecule has 1 aromatic carbocycles. The summed E-state index contributed by atoms with van der Waals surface area (Å²) >= 11 is 7.11. The molecule has 0 saturated carbocycles. The Kier molecular flexibility index (Phi) is 4.95. The van der Waals surface area contributed by atoms with E-state index in [4.69, 9.17) is 17.4 Å². The zero-order valence-electron chi connectivity index (χ0n) is 13.6. The van der Waals surface area contributed by atoms with Gasteiger partial charge < -0.3 is 11.2 Å². The summed E-state index contributed by atoms with van der Waals surface area (Å²) in [6.45, 7) is 1.74. The largest absolute Gasteiger partial charge is 0.336 e. The number of carbonyl (C=O) groups excluding carboxylic acids is 1. The smallest absolute Gasteiger partial charge is 0.235 e. The van der Waals surface area contributed by atoms with Crippen LogP contribution in [-0.2, 0) is 11.8 Å². The van der Waals surface area contributed by atoms with Gasteiger partial charge in [0.25, 0.3) is 0 Å². The Bertz CT molecular complexity index is 903. The molecule has 0 atom stereocenters. The van der Waals surface area contributed by atoms with Crippen LogP contribution in [0.25, 0.3) is 11.3 Å². The molecule has 2 heterocycles. The number of hydrogen-bond acceptors (Lipinski definition) is 6. The molecule has 0 aliphatic heterocycles. The van der Waals surface area contributed by atoms with Crippen molar-refractivity contribution in [2.45, 2.75) is 12.1 Å². The molecule has 3 aromatic rings. The van der Waals surface area contributed by atoms with Crippen molar-refractivity contribution in [3.63, 3.8) is 0 Å². The zero-order chi connectivity index (χ0) is 18.0. The van der Waals surface area contributed by atoms with Gasteiger partial charge >= 0.3 is 0 Å². The third-order valence-corrected chi connectivity index (χ3v) is 4.65. The molecular weight excluding hydrogens is 362 g/mol. The number of nitrogens with zero attached hydrogens (tertiary/aromatic N) is 5. The predicted octanol–water partition coefficient (Wildman–Crippen LogP) is 2.09. The first kappa shape index (κ1) is 17.3. The fraction of sp³-hybridized carbons (Fsp3) is 0.200. The summed E-state index contributed by atoms with van der Waals surface area (Å²) in [6, 6.07) is 9.16. The van der Waals surface area contributed by atoms with Gasteiger partial charge in [0.1, 0.15) is 11.6 Å². The fourth-order valence-electron chi connectivity index (χ4n) is 2.10. The maximum Gasteiger partial charge on any atom is 0.235 e. The monoisotopic (exact) mass is 377 g/mol. The molecule has 0 aliphatic carbocycles. The number of amides is 1. The predicted molar refractivity (Wildman–Crippen MR) is 97.9 cm³/mol. The summed E-state index contributed by atoms with van der Waals surface area (Å²) in [5, 5.41) is 16.1. The quantitative estimate of drug-likeness (QED) is 0.521. The van der Waals surface area contributed by atoms with Gasteiger partial charge in [0.05, 0.1) is 11.4 Å². The Labute approximate surface area is 153 Å². The minimum Gasteiger partial charge on any atom is -0.336 e. The minimum atomic E-state index is -0.184. The molecule has 130 valence electrons. The fourth-order valence-corrected chi connectivity index (χ4v) is 2.93. The van der Waals surface area contributed by atoms with Crippen LogP contribution >= 0.6 is 23.4 Å². The number of benzene rings is 1. The normalized spacial score (nSPS) is 10.8. The summed E-state index contributed by atoms with van der Waals surface area (Å²) < 4.78 is 2.96. The molecule has 0 aliphatic rings. The van der Waals surface area contributed by atoms with E-state index in [1.165, 1.54) is 16.4 Å². The van der Waals surface area contributed by atoms with Crippen molar-refractivity contribution in [2.75, 3.05) is 16.9 Å². The van der Waals surface area contributed by atoms with Gasteiger partial charge in [-0.15, -0.1) is 10.2 Å². The molecule has 0 bridgehead atoms. The number of nitrogen functional groups attached to an aromatic ring is 1. The van der Waals surface area contributed by atoms with Crippen LogP contribution in [0.3, 0.4) is 0 Å². The Morgan fingerprint density at radius 2 is 2.04 bits per heavy atom. The highest BCUT2D eigenvalue weighted by molar-refractivity contribution is 7.99. The van der Waals surface area contributed by atoms with Crippen molar-refractivity contribution >= 4 is 35.1 Å². The van der Waals surface area contributed by atoms with Crippen molar-refractivity contribution in [3.05, 3.63) is 41.2 Å². The van der Waals surface area contributed by atoms with Crippen LogP contribution < -0.4 is 11.2 Å². The van der Waals surface area contributed by atoms with Crippen LogP contribution in [0.1, 0.15) is 5.82 Å². The SMILES string of the molecule is Cc1nnc(SCC(=O)Nc2cc(-c3ccc(Cl)cc3)nn2C)n1N. The van der Waals surface area contributed by atoms with Crippen LogP contribution in [0.2, 0.25) is 5.02 Å². The van der Waals surface area contributed by atoms with Gasteiger partial charge in [0.15, 0.2) is 0 Å². The Morgan fingerprint density at radius 1 is 1.32 bits per heavy atom. The van der Waals surface area contributed by atoms with E-state index in [1.54, 1.807) is 36.9 Å². The van der Waals surface area contributed by atoms with Gasteiger partial charge in [-0.2, -0.15) is 5.10 Å². The Balaban J connectivity index is 1.65. The third-order valence-electron chi connectivity index (χ3n) is 3.45. The number of thioether (sulfide) groups is 1. The lowest BCUT2D eigenvalue weighted by molar-refractivity contribution is -0.113. The lowest BCUT2D eigenvalue weighted by atomic mass is 10.1. The van der Waals surface area contributed by atoms with E-state index in [2.05, 4.69) is 20.6 Å². The average molecular weight is 378 g/mol. The van der Waals surface area contributed by atoms with Crippen molar-refractivity contribution in [1.29, 1.82) is 0 Å². The Hall–Kier alpha value is -2.52. The van der Waals surface area contributed by atoms with Crippen molar-refractivity contribution < 1.29 is 4.79 Å². The molecule has 2 aromatic heterocycles. The van der Waals surface area contributed by atoms with Crippen LogP contribution in [0.4, 0.5) is 5.82 Å². The Morgan fingerprint density at radius 3 is 2.68 bits per heavy atom. The molecule has 0 spiro atoms. The second kappa shape index (κ2) is 7.16. The summed E-state index contributed by atoms with van der Waals surface area (Å²) in [4.78, 5) is 12.2. The number of hydrogen-bond donors (Lipinski definition) is 2. The number of aryl methyl sites for hydroxylation is 2. The van der Waals surface area contributed by atoms with Gasteiger partial charge in [0.2, 0.25) is 11.1 Å². The second-order valence-electron chi connectivity index (χ2n) is 5.28. The summed E-state index contributed by atoms with van der Waals surface area (Å²) in [5.74, 6) is 6.92. The zero-order valence-corrected chi connectivity index (χ0v) is 15.2. The van der Waals surface area contributed by atoms with Crippen molar-refractivity contribution in [2.24, 2.45) is 7.05 Å². The van der Waals surface area contributed by atoms with Crippen molar-refractivity contribution in [3.8, 4) is 11.3 Å². The number of halogens is 1. The number of carbonyl (C=O) groups is 1. The molecule has 8 nitrogen and oxygen atoms in total. The van der Waals surface area contributed by atoms with E-state index in [0.29, 0.717) is 21.8 Å². The first-order chi connectivity index (χ1) is 11.9. The van der Waals surface area contributed by atoms with Crippen LogP contribution in [0.15, 0.2) is 35.5 Å². The standard InChI is InChI=1S/C15H16ClN7OS/c1-9-19-20-15(23(9)17)25-8-14(24)18-13-7-12(21-22(13)2)10-3-5-11(16)6-4-10/h3-7H,8,17H2,1-2H3,(H,18,24). The van der Waals surface area contributed by atoms with E-state index in [1.807, 2.05) is 12.1 Å². The third kappa shape index (κ3) is 3.94. The maximum absolute atomic E-state index is 12.2. The van der Waals surface area contributed by atoms with Crippen molar-refractivity contribution in [1.82, 2.24) is 24.7 Å². The number of nitrogens with one attached hydrogen (secondary N) is 1. The molecule has 10 heteroatoms. The minimum absolute atomic E-state index is 0.163. The van der Waals surface area contributed by atoms with Gasteiger partial charge in [-0.3, -0.25) is 9.48 Å². The van der Waals surface area contributed by atoms with E-state index in [-0.39, 0.29) is 11.7 Å². The summed E-state index contributed by atoms with van der Waals surface area (Å²) in [5.41, 5.74) is 1.67. The van der Waals surface area contributed by atoms with E-state index < -0.39 is 0 Å². The lowest BCUT2D eigenvalue weighted by Gasteiger charge is -2.04. The molecular formula is C15H16ClN7OS. The van der Waals surface area contributed by atoms with E-state index in [0.717, 1.165) is 11.3 Å². The average Bonchev–Trinajstić information content (AvgIpc) is 3.10.